The number of nitrogens with zero attached hydrogens (tertiary/aromatic N) is 8. The number of pyridine rings is 6. The molecule has 0 atom stereocenters. The molecule has 0 aromatic carbocycles. The molecule has 0 bridgehead atoms. The van der Waals surface area contributed by atoms with Crippen LogP contribution < -0.4 is 16.7 Å². The minimum absolute atomic E-state index is 0. The molecule has 0 saturated heterocycles. The Kier molecular flexibility index (Phi) is 45.9. The van der Waals surface area contributed by atoms with Crippen molar-refractivity contribution < 1.29 is 24.2 Å². The third-order valence-corrected chi connectivity index (χ3v) is 14.6. The largest absolute Gasteiger partial charge is 0.465 e. The van der Waals surface area contributed by atoms with Gasteiger partial charge in [-0.1, -0.05) is 98.3 Å². The van der Waals surface area contributed by atoms with Crippen LogP contribution in [0.2, 0.25) is 0 Å². The average molecular weight is 1690 g/mol. The fourth-order valence-corrected chi connectivity index (χ4v) is 9.56. The summed E-state index contributed by atoms with van der Waals surface area (Å²) in [7, 11) is 2.70. The molecule has 20 nitrogen and oxygen atoms in total. The lowest BCUT2D eigenvalue weighted by Crippen LogP contribution is -2.08. The maximum absolute atomic E-state index is 11.3. The quantitative estimate of drug-likeness (QED) is 0.0159. The highest BCUT2D eigenvalue weighted by Crippen LogP contribution is 2.59. The Bertz CT molecular complexity index is 3690. The normalized spacial score (nSPS) is 9.82. The van der Waals surface area contributed by atoms with Crippen molar-refractivity contribution >= 4 is 142 Å². The van der Waals surface area contributed by atoms with Gasteiger partial charge in [0.25, 0.3) is 16.7 Å². The van der Waals surface area contributed by atoms with Crippen molar-refractivity contribution in [3.8, 4) is 0 Å². The SMILES string of the molecule is BrP(Br)Br.CCc1cncc(C(=O)OC)c1.CCc1cncc(CBr)c1.CCc1cncc(CO)c1.CCc1cncc(CSc2nc(C)cc(=O)[nH]2)c1.CCc1cncc(CSc2nc(C)cc(=O)[nH]2)c1.COC(=O)c1cncc(Br)c1.Cc1cc(=O)[nH]c(=S)[nH]1.Cl. The molecule has 0 radical (unpaired) electrons. The minimum atomic E-state index is -0.376. The number of ether oxygens (including phenoxy) is 2. The van der Waals surface area contributed by atoms with E-state index in [1.165, 1.54) is 96.2 Å². The molecule has 9 aromatic heterocycles. The van der Waals surface area contributed by atoms with Gasteiger partial charge in [-0.25, -0.2) is 19.6 Å². The van der Waals surface area contributed by atoms with Gasteiger partial charge in [0.2, 0.25) is 0 Å². The number of esters is 2. The number of H-pyrrole nitrogens is 4. The van der Waals surface area contributed by atoms with E-state index in [2.05, 4.69) is 206 Å². The lowest BCUT2D eigenvalue weighted by Gasteiger charge is -2.03. The molecule has 9 rings (SSSR count). The van der Waals surface area contributed by atoms with Crippen molar-refractivity contribution in [3.63, 3.8) is 0 Å². The summed E-state index contributed by atoms with van der Waals surface area (Å²) >= 11 is 23.8. The molecule has 9 heterocycles. The first kappa shape index (κ1) is 85.5. The van der Waals surface area contributed by atoms with Crippen molar-refractivity contribution in [2.45, 2.75) is 121 Å². The Morgan fingerprint density at radius 3 is 1.18 bits per heavy atom. The van der Waals surface area contributed by atoms with Gasteiger partial charge in [-0.15, -0.1) is 12.4 Å². The van der Waals surface area contributed by atoms with Gasteiger partial charge in [0.05, 0.1) is 32.0 Å². The second kappa shape index (κ2) is 49.9. The number of carbonyl (C=O) groups excluding carboxylic acids is 2. The molecule has 0 fully saturated rings. The Hall–Kier alpha value is -5.52. The molecule has 500 valence electrons. The van der Waals surface area contributed by atoms with Crippen LogP contribution in [0.25, 0.3) is 0 Å². The van der Waals surface area contributed by atoms with Crippen LogP contribution >= 0.6 is 131 Å². The summed E-state index contributed by atoms with van der Waals surface area (Å²) < 4.78 is 10.0. The molecular formula is C63H75Br5ClN12O8PS3. The molecule has 0 aliphatic carbocycles. The van der Waals surface area contributed by atoms with E-state index in [9.17, 15) is 24.0 Å². The highest BCUT2D eigenvalue weighted by Gasteiger charge is 2.07. The number of aliphatic hydroxyl groups is 1. The number of methoxy groups -OCH3 is 2. The number of aryl methyl sites for hydroxylation is 8. The minimum Gasteiger partial charge on any atom is -0.465 e. The molecule has 0 aliphatic heterocycles. The summed E-state index contributed by atoms with van der Waals surface area (Å²) in [6, 6.07) is 16.3. The Morgan fingerprint density at radius 2 is 0.828 bits per heavy atom. The molecule has 5 N–H and O–H groups in total. The first-order chi connectivity index (χ1) is 44.0. The molecule has 0 spiro atoms. The fraction of sp³-hybridized carbons (Fsp3) is 0.302. The standard InChI is InChI=1S/2C13H15N3OS.C9H11NO2.C8H10BrN.C8H11NO.C7H6BrNO2.C5H6N2OS.Br3P.ClH/c2*1-3-10-5-11(7-14-6-10)8-18-13-15-9(2)4-12(17)16-13;1-3-7-4-8(6-10-5-7)9(11)12-2;1-2-7-3-8(4-9)6-10-5-7;1-2-7-3-8(6-10)5-9-4-7;1-11-7(10)5-2-6(8)4-9-3-5;1-3-2-4(8)7-5(9)6-3;1-4(2)3;/h2*4-7H,3,8H2,1-2H3,(H,15,16,17);4-6H,3H2,1-2H3;3,5-6H,2,4H2,1H3;3-5,10H,2,6H2,1H3;2-4H,1H3;2H,1H3,(H2,6,7,8,9);;1H. The van der Waals surface area contributed by atoms with E-state index < -0.39 is 0 Å². The zero-order chi connectivity index (χ0) is 68.4. The van der Waals surface area contributed by atoms with Gasteiger partial charge < -0.3 is 29.5 Å². The number of hydrogen-bond acceptors (Lipinski definition) is 19. The maximum atomic E-state index is 11.3. The number of aromatic amines is 4. The molecule has 0 amide bonds. The molecule has 9 aromatic rings. The topological polar surface area (TPSA) is 290 Å². The Morgan fingerprint density at radius 1 is 0.495 bits per heavy atom. The first-order valence-electron chi connectivity index (χ1n) is 28.1. The van der Waals surface area contributed by atoms with Crippen LogP contribution in [0.5, 0.6) is 0 Å². The summed E-state index contributed by atoms with van der Waals surface area (Å²) in [5.41, 5.74) is 13.2. The molecule has 93 heavy (non-hydrogen) atoms. The third-order valence-electron chi connectivity index (χ3n) is 11.5. The van der Waals surface area contributed by atoms with Crippen LogP contribution in [0.3, 0.4) is 0 Å². The van der Waals surface area contributed by atoms with Crippen molar-refractivity contribution in [3.05, 3.63) is 248 Å². The summed E-state index contributed by atoms with van der Waals surface area (Å²) in [5.74, 6) is 0.803. The number of halogens is 6. The van der Waals surface area contributed by atoms with E-state index in [0.717, 1.165) is 92.7 Å². The highest BCUT2D eigenvalue weighted by molar-refractivity contribution is 9.93. The third kappa shape index (κ3) is 38.6. The van der Waals surface area contributed by atoms with Crippen molar-refractivity contribution in [2.24, 2.45) is 0 Å². The average Bonchev–Trinajstić information content (AvgIpc) is 3.65. The maximum Gasteiger partial charge on any atom is 0.339 e. The number of aliphatic hydroxyl groups excluding tert-OH is 1. The lowest BCUT2D eigenvalue weighted by atomic mass is 10.2. The summed E-state index contributed by atoms with van der Waals surface area (Å²) in [5, 5.41) is 10.9. The number of hydrogen-bond donors (Lipinski definition) is 5. The number of rotatable bonds is 15. The molecule has 0 saturated carbocycles. The van der Waals surface area contributed by atoms with E-state index in [-0.39, 0.29) is 51.7 Å². The fourth-order valence-electron chi connectivity index (χ4n) is 6.94. The monoisotopic (exact) mass is 1680 g/mol. The first-order valence-corrected chi connectivity index (χ1v) is 39.8. The smallest absolute Gasteiger partial charge is 0.339 e. The van der Waals surface area contributed by atoms with Gasteiger partial charge in [-0.3, -0.25) is 49.3 Å². The summed E-state index contributed by atoms with van der Waals surface area (Å²) in [4.78, 5) is 98.4. The van der Waals surface area contributed by atoms with E-state index >= 15 is 0 Å². The highest BCUT2D eigenvalue weighted by atomic mass is 80.0. The Balaban J connectivity index is 0.000000544. The predicted molar refractivity (Wildman–Crippen MR) is 397 cm³/mol. The number of nitrogens with one attached hydrogen (secondary N) is 4. The van der Waals surface area contributed by atoms with Crippen molar-refractivity contribution in [2.75, 3.05) is 14.2 Å². The van der Waals surface area contributed by atoms with Crippen molar-refractivity contribution in [1.29, 1.82) is 0 Å². The van der Waals surface area contributed by atoms with Crippen LogP contribution in [0.1, 0.15) is 122 Å². The van der Waals surface area contributed by atoms with Crippen LogP contribution in [-0.2, 0) is 65.0 Å². The number of carbonyl (C=O) groups is 2. The van der Waals surface area contributed by atoms with E-state index in [0.29, 0.717) is 26.2 Å². The van der Waals surface area contributed by atoms with Gasteiger partial charge in [-0.2, -0.15) is 0 Å². The lowest BCUT2D eigenvalue weighted by molar-refractivity contribution is 0.0591. The van der Waals surface area contributed by atoms with Crippen LogP contribution in [0, 0.1) is 25.5 Å². The van der Waals surface area contributed by atoms with Crippen LogP contribution in [0.15, 0.2) is 158 Å². The van der Waals surface area contributed by atoms with Crippen molar-refractivity contribution in [1.82, 2.24) is 59.8 Å². The van der Waals surface area contributed by atoms with E-state index in [4.69, 9.17) is 5.11 Å². The van der Waals surface area contributed by atoms with E-state index in [1.807, 2.05) is 70.2 Å². The second-order valence-corrected chi connectivity index (χ2v) is 37.9. The number of alkyl halides is 1. The van der Waals surface area contributed by atoms with Gasteiger partial charge in [-0.05, 0) is 190 Å². The molecule has 0 aliphatic rings. The van der Waals surface area contributed by atoms with E-state index in [1.54, 1.807) is 37.6 Å². The summed E-state index contributed by atoms with van der Waals surface area (Å²) in [6.07, 6.45) is 25.9. The summed E-state index contributed by atoms with van der Waals surface area (Å²) in [6.45, 7) is 15.9. The zero-order valence-corrected chi connectivity index (χ0v) is 64.9. The molecule has 30 heteroatoms. The molecule has 0 unspecified atom stereocenters. The van der Waals surface area contributed by atoms with Gasteiger partial charge in [0.15, 0.2) is 15.1 Å². The number of aromatic nitrogens is 12. The van der Waals surface area contributed by atoms with Crippen LogP contribution in [0.4, 0.5) is 0 Å². The van der Waals surface area contributed by atoms with Gasteiger partial charge in [0.1, 0.15) is 4.03 Å². The van der Waals surface area contributed by atoms with Gasteiger partial charge in [0, 0.05) is 131 Å². The predicted octanol–water partition coefficient (Wildman–Crippen LogP) is 16.0. The Labute approximate surface area is 603 Å². The van der Waals surface area contributed by atoms with Crippen LogP contribution in [-0.4, -0.2) is 91.1 Å². The molecular weight excluding hydrogens is 1610 g/mol. The van der Waals surface area contributed by atoms with Gasteiger partial charge >= 0.3 is 11.9 Å². The zero-order valence-electron chi connectivity index (χ0n) is 52.8. The number of thioether (sulfide) groups is 2. The second-order valence-electron chi connectivity index (χ2n) is 18.7.